The van der Waals surface area contributed by atoms with Crippen molar-refractivity contribution in [1.29, 1.82) is 0 Å². The molecule has 1 unspecified atom stereocenters. The molecule has 0 radical (unpaired) electrons. The first-order valence-corrected chi connectivity index (χ1v) is 8.09. The van der Waals surface area contributed by atoms with E-state index in [0.29, 0.717) is 18.1 Å². The van der Waals surface area contributed by atoms with Crippen molar-refractivity contribution in [3.63, 3.8) is 0 Å². The van der Waals surface area contributed by atoms with E-state index in [9.17, 15) is 5.11 Å². The van der Waals surface area contributed by atoms with Gasteiger partial charge in [-0.05, 0) is 24.1 Å². The first-order chi connectivity index (χ1) is 11.3. The summed E-state index contributed by atoms with van der Waals surface area (Å²) in [7, 11) is 0. The van der Waals surface area contributed by atoms with Gasteiger partial charge < -0.3 is 10.4 Å². The normalized spacial score (nSPS) is 12.4. The molecule has 3 aromatic rings. The molecule has 0 spiro atoms. The average Bonchev–Trinajstić information content (AvgIpc) is 2.59. The molecule has 0 aliphatic heterocycles. The van der Waals surface area contributed by atoms with E-state index in [-0.39, 0.29) is 12.6 Å². The molecule has 0 aliphatic rings. The Labute approximate surface area is 140 Å². The monoisotopic (exact) mass is 326 g/mol. The number of nitrogens with one attached hydrogen (secondary N) is 1. The number of fused-ring (bicyclic) bond motifs is 1. The quantitative estimate of drug-likeness (QED) is 0.670. The predicted molar refractivity (Wildman–Crippen MR) is 94.5 cm³/mol. The lowest BCUT2D eigenvalue weighted by Gasteiger charge is -2.19. The Morgan fingerprint density at radius 1 is 1.04 bits per heavy atom. The molecule has 2 aromatic carbocycles. The van der Waals surface area contributed by atoms with E-state index >= 15 is 0 Å². The second-order valence-corrected chi connectivity index (χ2v) is 5.85. The Balaban J connectivity index is 1.79. The standard InChI is InChI=1S/C19H19ClN2O/c20-19-16(12-15-8-4-5-9-18(15)22-19)13-21-17(10-11-23)14-6-2-1-3-7-14/h1-9,12,17,21,23H,10-11,13H2. The van der Waals surface area contributed by atoms with Crippen LogP contribution in [0.4, 0.5) is 0 Å². The van der Waals surface area contributed by atoms with Crippen LogP contribution in [0.1, 0.15) is 23.6 Å². The Hall–Kier alpha value is -1.94. The molecule has 3 nitrogen and oxygen atoms in total. The minimum atomic E-state index is 0.0868. The highest BCUT2D eigenvalue weighted by atomic mass is 35.5. The average molecular weight is 327 g/mol. The van der Waals surface area contributed by atoms with Crippen molar-refractivity contribution in [3.8, 4) is 0 Å². The van der Waals surface area contributed by atoms with Crippen LogP contribution in [0.2, 0.25) is 5.15 Å². The van der Waals surface area contributed by atoms with Crippen LogP contribution in [0.15, 0.2) is 60.7 Å². The molecule has 0 saturated carbocycles. The topological polar surface area (TPSA) is 45.1 Å². The van der Waals surface area contributed by atoms with E-state index in [1.165, 1.54) is 0 Å². The van der Waals surface area contributed by atoms with Crippen molar-refractivity contribution in [2.24, 2.45) is 0 Å². The number of aliphatic hydroxyl groups is 1. The number of aromatic nitrogens is 1. The third-order valence-corrected chi connectivity index (χ3v) is 4.24. The zero-order chi connectivity index (χ0) is 16.1. The molecule has 4 heteroatoms. The van der Waals surface area contributed by atoms with E-state index in [2.05, 4.69) is 28.5 Å². The molecule has 0 amide bonds. The fourth-order valence-corrected chi connectivity index (χ4v) is 2.91. The number of hydrogen-bond acceptors (Lipinski definition) is 3. The van der Waals surface area contributed by atoms with Gasteiger partial charge in [-0.15, -0.1) is 0 Å². The lowest BCUT2D eigenvalue weighted by atomic mass is 10.0. The van der Waals surface area contributed by atoms with Gasteiger partial charge >= 0.3 is 0 Å². The van der Waals surface area contributed by atoms with Crippen LogP contribution in [-0.2, 0) is 6.54 Å². The maximum Gasteiger partial charge on any atom is 0.134 e. The van der Waals surface area contributed by atoms with Crippen molar-refractivity contribution in [1.82, 2.24) is 10.3 Å². The molecule has 118 valence electrons. The molecule has 1 aromatic heterocycles. The van der Waals surface area contributed by atoms with E-state index in [4.69, 9.17) is 11.6 Å². The first kappa shape index (κ1) is 15.9. The second-order valence-electron chi connectivity index (χ2n) is 5.49. The van der Waals surface area contributed by atoms with Gasteiger partial charge in [0, 0.05) is 30.1 Å². The summed E-state index contributed by atoms with van der Waals surface area (Å²) in [4.78, 5) is 4.45. The van der Waals surface area contributed by atoms with Gasteiger partial charge in [-0.1, -0.05) is 60.1 Å². The molecular weight excluding hydrogens is 308 g/mol. The first-order valence-electron chi connectivity index (χ1n) is 7.71. The van der Waals surface area contributed by atoms with Gasteiger partial charge in [0.15, 0.2) is 0 Å². The van der Waals surface area contributed by atoms with Gasteiger partial charge in [-0.2, -0.15) is 0 Å². The van der Waals surface area contributed by atoms with Crippen LogP contribution in [0, 0.1) is 0 Å². The van der Waals surface area contributed by atoms with E-state index in [1.807, 2.05) is 42.5 Å². The van der Waals surface area contributed by atoms with Crippen molar-refractivity contribution < 1.29 is 5.11 Å². The Kier molecular flexibility index (Phi) is 5.23. The number of rotatable bonds is 6. The number of benzene rings is 2. The predicted octanol–water partition coefficient (Wildman–Crippen LogP) is 4.10. The SMILES string of the molecule is OCCC(NCc1cc2ccccc2nc1Cl)c1ccccc1. The minimum Gasteiger partial charge on any atom is -0.396 e. The Morgan fingerprint density at radius 3 is 2.57 bits per heavy atom. The molecule has 1 atom stereocenters. The van der Waals surface area contributed by atoms with Crippen molar-refractivity contribution in [3.05, 3.63) is 76.9 Å². The lowest BCUT2D eigenvalue weighted by Crippen LogP contribution is -2.22. The fraction of sp³-hybridized carbons (Fsp3) is 0.211. The summed E-state index contributed by atoms with van der Waals surface area (Å²) in [5, 5.41) is 14.4. The van der Waals surface area contributed by atoms with Crippen LogP contribution in [-0.4, -0.2) is 16.7 Å². The number of halogens is 1. The zero-order valence-corrected chi connectivity index (χ0v) is 13.5. The molecule has 0 fully saturated rings. The Morgan fingerprint density at radius 2 is 1.78 bits per heavy atom. The van der Waals surface area contributed by atoms with Gasteiger partial charge in [-0.3, -0.25) is 0 Å². The highest BCUT2D eigenvalue weighted by Gasteiger charge is 2.12. The van der Waals surface area contributed by atoms with Crippen molar-refractivity contribution in [2.45, 2.75) is 19.0 Å². The summed E-state index contributed by atoms with van der Waals surface area (Å²) in [6.07, 6.45) is 0.655. The number of pyridine rings is 1. The van der Waals surface area contributed by atoms with Gasteiger partial charge in [-0.25, -0.2) is 4.98 Å². The van der Waals surface area contributed by atoms with Crippen LogP contribution in [0.25, 0.3) is 10.9 Å². The van der Waals surface area contributed by atoms with Crippen molar-refractivity contribution in [2.75, 3.05) is 6.61 Å². The summed E-state index contributed by atoms with van der Waals surface area (Å²) >= 11 is 6.31. The summed E-state index contributed by atoms with van der Waals surface area (Å²) in [5.41, 5.74) is 3.02. The van der Waals surface area contributed by atoms with Crippen LogP contribution < -0.4 is 5.32 Å². The second kappa shape index (κ2) is 7.55. The number of aliphatic hydroxyl groups excluding tert-OH is 1. The smallest absolute Gasteiger partial charge is 0.134 e. The van der Waals surface area contributed by atoms with Crippen LogP contribution in [0.3, 0.4) is 0 Å². The molecule has 0 saturated heterocycles. The van der Waals surface area contributed by atoms with Crippen LogP contribution in [0.5, 0.6) is 0 Å². The summed E-state index contributed by atoms with van der Waals surface area (Å²) in [6.45, 7) is 0.743. The molecule has 0 bridgehead atoms. The lowest BCUT2D eigenvalue weighted by molar-refractivity contribution is 0.265. The molecule has 3 rings (SSSR count). The zero-order valence-electron chi connectivity index (χ0n) is 12.7. The largest absolute Gasteiger partial charge is 0.396 e. The molecular formula is C19H19ClN2O. The summed E-state index contributed by atoms with van der Waals surface area (Å²) < 4.78 is 0. The third-order valence-electron chi connectivity index (χ3n) is 3.91. The maximum atomic E-state index is 9.31. The number of nitrogens with zero attached hydrogens (tertiary/aromatic N) is 1. The van der Waals surface area contributed by atoms with Gasteiger partial charge in [0.2, 0.25) is 0 Å². The fourth-order valence-electron chi connectivity index (χ4n) is 2.69. The molecule has 23 heavy (non-hydrogen) atoms. The van der Waals surface area contributed by atoms with E-state index in [0.717, 1.165) is 22.0 Å². The maximum absolute atomic E-state index is 9.31. The summed E-state index contributed by atoms with van der Waals surface area (Å²) in [5.74, 6) is 0. The number of para-hydroxylation sites is 1. The molecule has 2 N–H and O–H groups in total. The number of hydrogen-bond donors (Lipinski definition) is 2. The van der Waals surface area contributed by atoms with Gasteiger partial charge in [0.05, 0.1) is 5.52 Å². The van der Waals surface area contributed by atoms with E-state index in [1.54, 1.807) is 0 Å². The Bertz CT molecular complexity index is 777. The molecule has 1 heterocycles. The highest BCUT2D eigenvalue weighted by molar-refractivity contribution is 6.30. The molecule has 0 aliphatic carbocycles. The van der Waals surface area contributed by atoms with Crippen molar-refractivity contribution >= 4 is 22.5 Å². The van der Waals surface area contributed by atoms with E-state index < -0.39 is 0 Å². The summed E-state index contributed by atoms with van der Waals surface area (Å²) in [6, 6.07) is 20.2. The minimum absolute atomic E-state index is 0.0868. The van der Waals surface area contributed by atoms with Crippen LogP contribution >= 0.6 is 11.6 Å². The highest BCUT2D eigenvalue weighted by Crippen LogP contribution is 2.22. The third kappa shape index (κ3) is 3.88. The van der Waals surface area contributed by atoms with Gasteiger partial charge in [0.1, 0.15) is 5.15 Å². The van der Waals surface area contributed by atoms with Gasteiger partial charge in [0.25, 0.3) is 0 Å².